The van der Waals surface area contributed by atoms with Crippen LogP contribution in [0, 0.1) is 0 Å². The van der Waals surface area contributed by atoms with Crippen LogP contribution in [0.1, 0.15) is 16.8 Å². The maximum absolute atomic E-state index is 13.1. The second-order valence-electron chi connectivity index (χ2n) is 5.46. The number of rotatable bonds is 4. The first-order chi connectivity index (χ1) is 12.0. The van der Waals surface area contributed by atoms with Crippen LogP contribution in [0.25, 0.3) is 17.8 Å². The molecule has 3 aromatic rings. The second kappa shape index (κ2) is 6.89. The Hall–Kier alpha value is -2.95. The molecule has 0 aliphatic carbocycles. The Morgan fingerprint density at radius 1 is 0.920 bits per heavy atom. The zero-order valence-electron chi connectivity index (χ0n) is 13.5. The number of aromatic nitrogens is 1. The van der Waals surface area contributed by atoms with Gasteiger partial charge >= 0.3 is 6.18 Å². The molecule has 5 heteroatoms. The summed E-state index contributed by atoms with van der Waals surface area (Å²) in [6.45, 7) is 0. The predicted octanol–water partition coefficient (Wildman–Crippen LogP) is 5.68. The van der Waals surface area contributed by atoms with Gasteiger partial charge in [-0.2, -0.15) is 13.2 Å². The highest BCUT2D eigenvalue weighted by molar-refractivity contribution is 5.69. The smallest absolute Gasteiger partial charge is 0.417 e. The number of halogens is 3. The van der Waals surface area contributed by atoms with Crippen molar-refractivity contribution in [1.29, 1.82) is 0 Å². The highest BCUT2D eigenvalue weighted by Crippen LogP contribution is 2.32. The minimum atomic E-state index is -4.40. The van der Waals surface area contributed by atoms with Crippen LogP contribution in [0.3, 0.4) is 0 Å². The van der Waals surface area contributed by atoms with Gasteiger partial charge in [-0.15, -0.1) is 0 Å². The first-order valence-electron chi connectivity index (χ1n) is 7.64. The summed E-state index contributed by atoms with van der Waals surface area (Å²) in [5.74, 6) is 0.647. The molecule has 25 heavy (non-hydrogen) atoms. The van der Waals surface area contributed by atoms with Crippen LogP contribution in [0.5, 0.6) is 5.75 Å². The maximum atomic E-state index is 13.1. The molecule has 0 aliphatic heterocycles. The number of alkyl halides is 3. The van der Waals surface area contributed by atoms with E-state index in [1.54, 1.807) is 43.5 Å². The molecular weight excluding hydrogens is 327 g/mol. The van der Waals surface area contributed by atoms with Gasteiger partial charge in [0.05, 0.1) is 12.7 Å². The summed E-state index contributed by atoms with van der Waals surface area (Å²) in [6.07, 6.45) is 0.170. The van der Waals surface area contributed by atoms with E-state index in [2.05, 4.69) is 0 Å². The molecule has 0 unspecified atom stereocenters. The van der Waals surface area contributed by atoms with Crippen molar-refractivity contribution >= 4 is 12.2 Å². The third-order valence-electron chi connectivity index (χ3n) is 3.77. The average Bonchev–Trinajstić information content (AvgIpc) is 3.05. The van der Waals surface area contributed by atoms with Gasteiger partial charge in [-0.05, 0) is 42.0 Å². The molecule has 0 spiro atoms. The van der Waals surface area contributed by atoms with Gasteiger partial charge in [0.2, 0.25) is 0 Å². The van der Waals surface area contributed by atoms with E-state index in [0.717, 1.165) is 17.8 Å². The average molecular weight is 343 g/mol. The molecule has 0 N–H and O–H groups in total. The van der Waals surface area contributed by atoms with Crippen molar-refractivity contribution in [2.24, 2.45) is 0 Å². The van der Waals surface area contributed by atoms with E-state index in [4.69, 9.17) is 4.74 Å². The Morgan fingerprint density at radius 2 is 1.60 bits per heavy atom. The van der Waals surface area contributed by atoms with Crippen LogP contribution in [0.4, 0.5) is 13.2 Å². The number of benzene rings is 2. The van der Waals surface area contributed by atoms with E-state index < -0.39 is 11.7 Å². The van der Waals surface area contributed by atoms with E-state index in [1.165, 1.54) is 4.57 Å². The van der Waals surface area contributed by atoms with Gasteiger partial charge in [0.15, 0.2) is 0 Å². The molecule has 0 bridgehead atoms. The standard InChI is InChI=1S/C20H16F3NO/c1-25-19-11-9-17(10-12-19)24-14-16(20(21,22)23)13-18(24)8-7-15-5-3-2-4-6-15/h2-14H,1H3/b8-7+. The minimum Gasteiger partial charge on any atom is -0.497 e. The Morgan fingerprint density at radius 3 is 2.20 bits per heavy atom. The molecule has 0 fully saturated rings. The van der Waals surface area contributed by atoms with Crippen LogP contribution >= 0.6 is 0 Å². The molecule has 0 saturated carbocycles. The zero-order chi connectivity index (χ0) is 17.9. The molecule has 0 aliphatic rings. The van der Waals surface area contributed by atoms with Gasteiger partial charge < -0.3 is 9.30 Å². The molecule has 0 amide bonds. The third-order valence-corrected chi connectivity index (χ3v) is 3.77. The number of ether oxygens (including phenoxy) is 1. The summed E-state index contributed by atoms with van der Waals surface area (Å²) < 4.78 is 46.0. The number of hydrogen-bond donors (Lipinski definition) is 0. The summed E-state index contributed by atoms with van der Waals surface area (Å²) in [6, 6.07) is 17.4. The molecule has 0 atom stereocenters. The summed E-state index contributed by atoms with van der Waals surface area (Å²) in [5, 5.41) is 0. The lowest BCUT2D eigenvalue weighted by atomic mass is 10.2. The molecule has 3 rings (SSSR count). The lowest BCUT2D eigenvalue weighted by Gasteiger charge is -2.08. The number of hydrogen-bond acceptors (Lipinski definition) is 1. The molecule has 1 aromatic heterocycles. The van der Waals surface area contributed by atoms with Gasteiger partial charge in [-0.3, -0.25) is 0 Å². The highest BCUT2D eigenvalue weighted by Gasteiger charge is 2.32. The van der Waals surface area contributed by atoms with E-state index in [1.807, 2.05) is 30.3 Å². The fraction of sp³-hybridized carbons (Fsp3) is 0.100. The van der Waals surface area contributed by atoms with E-state index >= 15 is 0 Å². The second-order valence-corrected chi connectivity index (χ2v) is 5.46. The van der Waals surface area contributed by atoms with Gasteiger partial charge in [-0.1, -0.05) is 36.4 Å². The number of methoxy groups -OCH3 is 1. The van der Waals surface area contributed by atoms with Crippen molar-refractivity contribution in [3.05, 3.63) is 83.7 Å². The molecule has 1 heterocycles. The van der Waals surface area contributed by atoms with Crippen LogP contribution in [-0.4, -0.2) is 11.7 Å². The topological polar surface area (TPSA) is 14.2 Å². The molecular formula is C20H16F3NO. The van der Waals surface area contributed by atoms with Crippen molar-refractivity contribution in [3.63, 3.8) is 0 Å². The molecule has 0 saturated heterocycles. The largest absolute Gasteiger partial charge is 0.497 e. The Bertz CT molecular complexity index is 862. The summed E-state index contributed by atoms with van der Waals surface area (Å²) >= 11 is 0. The van der Waals surface area contributed by atoms with Crippen LogP contribution in [-0.2, 0) is 6.18 Å². The predicted molar refractivity (Wildman–Crippen MR) is 92.7 cm³/mol. The maximum Gasteiger partial charge on any atom is 0.417 e. The van der Waals surface area contributed by atoms with Gasteiger partial charge in [0.1, 0.15) is 5.75 Å². The molecule has 128 valence electrons. The summed E-state index contributed by atoms with van der Waals surface area (Å²) in [5.41, 5.74) is 1.31. The van der Waals surface area contributed by atoms with Gasteiger partial charge in [0.25, 0.3) is 0 Å². The lowest BCUT2D eigenvalue weighted by Crippen LogP contribution is -2.02. The fourth-order valence-corrected chi connectivity index (χ4v) is 2.48. The minimum absolute atomic E-state index is 0.446. The summed E-state index contributed by atoms with van der Waals surface area (Å²) in [7, 11) is 1.54. The zero-order valence-corrected chi connectivity index (χ0v) is 13.5. The van der Waals surface area contributed by atoms with E-state index in [-0.39, 0.29) is 0 Å². The Balaban J connectivity index is 2.03. The van der Waals surface area contributed by atoms with Gasteiger partial charge in [-0.25, -0.2) is 0 Å². The molecule has 0 radical (unpaired) electrons. The first kappa shape index (κ1) is 16.9. The van der Waals surface area contributed by atoms with Crippen LogP contribution < -0.4 is 4.74 Å². The molecule has 2 aromatic carbocycles. The van der Waals surface area contributed by atoms with Crippen molar-refractivity contribution < 1.29 is 17.9 Å². The van der Waals surface area contributed by atoms with Crippen molar-refractivity contribution in [3.8, 4) is 11.4 Å². The lowest BCUT2D eigenvalue weighted by molar-refractivity contribution is -0.137. The van der Waals surface area contributed by atoms with Crippen LogP contribution in [0.2, 0.25) is 0 Å². The SMILES string of the molecule is COc1ccc(-n2cc(C(F)(F)F)cc2/C=C/c2ccccc2)cc1. The monoisotopic (exact) mass is 343 g/mol. The van der Waals surface area contributed by atoms with E-state index in [0.29, 0.717) is 17.1 Å². The quantitative estimate of drug-likeness (QED) is 0.595. The first-order valence-corrected chi connectivity index (χ1v) is 7.64. The Labute approximate surface area is 143 Å². The van der Waals surface area contributed by atoms with Gasteiger partial charge in [0, 0.05) is 17.6 Å². The third kappa shape index (κ3) is 3.94. The fourth-order valence-electron chi connectivity index (χ4n) is 2.48. The Kier molecular flexibility index (Phi) is 4.65. The normalized spacial score (nSPS) is 11.8. The van der Waals surface area contributed by atoms with Crippen molar-refractivity contribution in [1.82, 2.24) is 4.57 Å². The van der Waals surface area contributed by atoms with Crippen molar-refractivity contribution in [2.75, 3.05) is 7.11 Å². The van der Waals surface area contributed by atoms with E-state index in [9.17, 15) is 13.2 Å². The van der Waals surface area contributed by atoms with Crippen LogP contribution in [0.15, 0.2) is 66.9 Å². The molecule has 2 nitrogen and oxygen atoms in total. The summed E-state index contributed by atoms with van der Waals surface area (Å²) in [4.78, 5) is 0. The number of nitrogens with zero attached hydrogens (tertiary/aromatic N) is 1. The van der Waals surface area contributed by atoms with Crippen molar-refractivity contribution in [2.45, 2.75) is 6.18 Å². The highest BCUT2D eigenvalue weighted by atomic mass is 19.4.